The Morgan fingerprint density at radius 2 is 1.89 bits per heavy atom. The zero-order valence-corrected chi connectivity index (χ0v) is 10.9. The highest BCUT2D eigenvalue weighted by atomic mass is 35.5. The monoisotopic (exact) mass is 277 g/mol. The molecular weight excluding hydrogens is 265 g/mol. The molecule has 1 heterocycles. The molecule has 0 radical (unpaired) electrons. The number of hydrogen-bond acceptors (Lipinski definition) is 2. The largest absolute Gasteiger partial charge is 0.485 e. The molecule has 2 N–H and O–H groups in total. The molecule has 0 saturated carbocycles. The van der Waals surface area contributed by atoms with Gasteiger partial charge in [0.2, 0.25) is 0 Å². The summed E-state index contributed by atoms with van der Waals surface area (Å²) in [6, 6.07) is 11.8. The van der Waals surface area contributed by atoms with Gasteiger partial charge in [-0.05, 0) is 23.8 Å². The van der Waals surface area contributed by atoms with Crippen molar-refractivity contribution in [2.45, 2.75) is 18.6 Å². The Labute approximate surface area is 115 Å². The van der Waals surface area contributed by atoms with Gasteiger partial charge in [-0.1, -0.05) is 29.8 Å². The summed E-state index contributed by atoms with van der Waals surface area (Å²) < 4.78 is 19.1. The van der Waals surface area contributed by atoms with Crippen molar-refractivity contribution >= 4 is 11.6 Å². The van der Waals surface area contributed by atoms with Gasteiger partial charge in [0.1, 0.15) is 17.7 Å². The highest BCUT2D eigenvalue weighted by Gasteiger charge is 2.27. The van der Waals surface area contributed by atoms with E-state index in [9.17, 15) is 4.39 Å². The number of hydrogen-bond donors (Lipinski definition) is 1. The van der Waals surface area contributed by atoms with Crippen LogP contribution in [0.15, 0.2) is 42.5 Å². The lowest BCUT2D eigenvalue weighted by Crippen LogP contribution is -2.24. The normalized spacial score (nSPS) is 21.6. The first-order valence-corrected chi connectivity index (χ1v) is 6.48. The van der Waals surface area contributed by atoms with Crippen molar-refractivity contribution in [3.8, 4) is 5.75 Å². The standard InChI is InChI=1S/C15H13ClFNO/c16-10-3-1-9(2-4-10)14-8-13(18)12-6-5-11(17)7-15(12)19-14/h1-7,13-14H,8,18H2/t13-,14?/m1/s1. The molecule has 0 spiro atoms. The van der Waals surface area contributed by atoms with Crippen LogP contribution in [-0.2, 0) is 0 Å². The van der Waals surface area contributed by atoms with E-state index in [1.165, 1.54) is 12.1 Å². The van der Waals surface area contributed by atoms with Crippen molar-refractivity contribution in [1.29, 1.82) is 0 Å². The molecule has 0 aliphatic carbocycles. The molecule has 2 nitrogen and oxygen atoms in total. The van der Waals surface area contributed by atoms with Crippen molar-refractivity contribution in [1.82, 2.24) is 0 Å². The third-order valence-electron chi connectivity index (χ3n) is 3.35. The van der Waals surface area contributed by atoms with Gasteiger partial charge in [0, 0.05) is 29.1 Å². The average Bonchev–Trinajstić information content (AvgIpc) is 2.38. The van der Waals surface area contributed by atoms with Crippen LogP contribution in [0.3, 0.4) is 0 Å². The minimum Gasteiger partial charge on any atom is -0.485 e. The van der Waals surface area contributed by atoms with Gasteiger partial charge in [0.25, 0.3) is 0 Å². The molecule has 0 fully saturated rings. The summed E-state index contributed by atoms with van der Waals surface area (Å²) >= 11 is 5.87. The molecule has 2 aromatic carbocycles. The van der Waals surface area contributed by atoms with Crippen molar-refractivity contribution in [3.63, 3.8) is 0 Å². The summed E-state index contributed by atoms with van der Waals surface area (Å²) in [7, 11) is 0. The summed E-state index contributed by atoms with van der Waals surface area (Å²) in [6.07, 6.45) is 0.502. The molecule has 1 unspecified atom stereocenters. The van der Waals surface area contributed by atoms with Crippen molar-refractivity contribution in [2.24, 2.45) is 5.73 Å². The number of halogens is 2. The molecule has 2 atom stereocenters. The van der Waals surface area contributed by atoms with Gasteiger partial charge >= 0.3 is 0 Å². The second kappa shape index (κ2) is 4.83. The van der Waals surface area contributed by atoms with Crippen LogP contribution >= 0.6 is 11.6 Å². The third-order valence-corrected chi connectivity index (χ3v) is 3.61. The van der Waals surface area contributed by atoms with E-state index in [4.69, 9.17) is 22.1 Å². The summed E-state index contributed by atoms with van der Waals surface area (Å²) in [4.78, 5) is 0. The maximum atomic E-state index is 13.3. The lowest BCUT2D eigenvalue weighted by molar-refractivity contribution is 0.161. The molecular formula is C15H13ClFNO. The van der Waals surface area contributed by atoms with Crippen molar-refractivity contribution < 1.29 is 9.13 Å². The Hall–Kier alpha value is -1.58. The van der Waals surface area contributed by atoms with E-state index in [-0.39, 0.29) is 18.0 Å². The zero-order chi connectivity index (χ0) is 13.4. The van der Waals surface area contributed by atoms with Gasteiger partial charge < -0.3 is 10.5 Å². The average molecular weight is 278 g/mol. The molecule has 1 aliphatic rings. The Bertz CT molecular complexity index is 600. The van der Waals surface area contributed by atoms with Crippen LogP contribution in [0.1, 0.15) is 29.7 Å². The number of benzene rings is 2. The topological polar surface area (TPSA) is 35.2 Å². The first-order valence-electron chi connectivity index (χ1n) is 6.10. The zero-order valence-electron chi connectivity index (χ0n) is 10.1. The highest BCUT2D eigenvalue weighted by molar-refractivity contribution is 6.30. The Balaban J connectivity index is 1.93. The van der Waals surface area contributed by atoms with Crippen LogP contribution in [0.25, 0.3) is 0 Å². The summed E-state index contributed by atoms with van der Waals surface area (Å²) in [6.45, 7) is 0. The van der Waals surface area contributed by atoms with Crippen LogP contribution < -0.4 is 10.5 Å². The number of nitrogens with two attached hydrogens (primary N) is 1. The van der Waals surface area contributed by atoms with E-state index in [1.807, 2.05) is 24.3 Å². The molecule has 19 heavy (non-hydrogen) atoms. The Morgan fingerprint density at radius 3 is 2.63 bits per heavy atom. The number of fused-ring (bicyclic) bond motifs is 1. The summed E-state index contributed by atoms with van der Waals surface area (Å²) in [5.74, 6) is 0.210. The fraction of sp³-hybridized carbons (Fsp3) is 0.200. The van der Waals surface area contributed by atoms with Gasteiger partial charge in [0.05, 0.1) is 0 Å². The lowest BCUT2D eigenvalue weighted by atomic mass is 9.93. The van der Waals surface area contributed by atoms with Crippen LogP contribution in [0, 0.1) is 5.82 Å². The third kappa shape index (κ3) is 2.44. The summed E-state index contributed by atoms with van der Waals surface area (Å²) in [5, 5.41) is 0.676. The van der Waals surface area contributed by atoms with E-state index in [0.29, 0.717) is 17.2 Å². The second-order valence-electron chi connectivity index (χ2n) is 4.68. The Morgan fingerprint density at radius 1 is 1.16 bits per heavy atom. The Kier molecular flexibility index (Phi) is 3.17. The van der Waals surface area contributed by atoms with Gasteiger partial charge in [-0.25, -0.2) is 4.39 Å². The first kappa shape index (κ1) is 12.5. The predicted octanol–water partition coefficient (Wildman–Crippen LogP) is 4.00. The maximum absolute atomic E-state index is 13.3. The molecule has 2 aromatic rings. The van der Waals surface area contributed by atoms with E-state index in [1.54, 1.807) is 6.07 Å². The van der Waals surface area contributed by atoms with Gasteiger partial charge in [-0.2, -0.15) is 0 Å². The fourth-order valence-corrected chi connectivity index (χ4v) is 2.48. The van der Waals surface area contributed by atoms with Crippen LogP contribution in [-0.4, -0.2) is 0 Å². The van der Waals surface area contributed by atoms with E-state index < -0.39 is 0 Å². The van der Waals surface area contributed by atoms with Crippen LogP contribution in [0.2, 0.25) is 5.02 Å². The van der Waals surface area contributed by atoms with Crippen molar-refractivity contribution in [3.05, 3.63) is 64.4 Å². The molecule has 0 bridgehead atoms. The van der Waals surface area contributed by atoms with Crippen LogP contribution in [0.5, 0.6) is 5.75 Å². The quantitative estimate of drug-likeness (QED) is 0.855. The van der Waals surface area contributed by atoms with E-state index in [2.05, 4.69) is 0 Å². The minimum absolute atomic E-state index is 0.148. The van der Waals surface area contributed by atoms with Gasteiger partial charge in [-0.15, -0.1) is 0 Å². The molecule has 0 amide bonds. The smallest absolute Gasteiger partial charge is 0.127 e. The van der Waals surface area contributed by atoms with Crippen molar-refractivity contribution in [2.75, 3.05) is 0 Å². The fourth-order valence-electron chi connectivity index (χ4n) is 2.36. The maximum Gasteiger partial charge on any atom is 0.127 e. The predicted molar refractivity (Wildman–Crippen MR) is 72.8 cm³/mol. The SMILES string of the molecule is N[C@@H]1CC(c2ccc(Cl)cc2)Oc2cc(F)ccc21. The second-order valence-corrected chi connectivity index (χ2v) is 5.12. The lowest BCUT2D eigenvalue weighted by Gasteiger charge is -2.30. The molecule has 3 rings (SSSR count). The molecule has 98 valence electrons. The summed E-state index contributed by atoms with van der Waals surface area (Å²) in [5.41, 5.74) is 7.97. The highest BCUT2D eigenvalue weighted by Crippen LogP contribution is 2.39. The molecule has 0 aromatic heterocycles. The number of rotatable bonds is 1. The minimum atomic E-state index is -0.317. The molecule has 4 heteroatoms. The van der Waals surface area contributed by atoms with Gasteiger partial charge in [-0.3, -0.25) is 0 Å². The van der Waals surface area contributed by atoms with Gasteiger partial charge in [0.15, 0.2) is 0 Å². The van der Waals surface area contributed by atoms with Crippen LogP contribution in [0.4, 0.5) is 4.39 Å². The van der Waals surface area contributed by atoms with E-state index >= 15 is 0 Å². The molecule has 0 saturated heterocycles. The van der Waals surface area contributed by atoms with E-state index in [0.717, 1.165) is 11.1 Å². The molecule has 1 aliphatic heterocycles. The number of ether oxygens (including phenoxy) is 1. The first-order chi connectivity index (χ1) is 9.13.